The zero-order valence-corrected chi connectivity index (χ0v) is 11.9. The maximum atomic E-state index is 6.40. The van der Waals surface area contributed by atoms with E-state index in [1.807, 2.05) is 38.1 Å². The first-order chi connectivity index (χ1) is 8.59. The molecule has 0 saturated carbocycles. The van der Waals surface area contributed by atoms with E-state index >= 15 is 0 Å². The summed E-state index contributed by atoms with van der Waals surface area (Å²) in [5, 5.41) is 0. The van der Waals surface area contributed by atoms with Crippen LogP contribution < -0.4 is 10.5 Å². The maximum absolute atomic E-state index is 6.40. The highest BCUT2D eigenvalue weighted by Crippen LogP contribution is 2.34. The molecule has 1 aromatic rings. The monoisotopic (exact) mass is 251 g/mol. The molecule has 0 saturated heterocycles. The molecule has 0 aliphatic rings. The lowest BCUT2D eigenvalue weighted by molar-refractivity contribution is -0.0477. The van der Waals surface area contributed by atoms with Gasteiger partial charge in [-0.1, -0.05) is 25.1 Å². The van der Waals surface area contributed by atoms with Gasteiger partial charge in [0.15, 0.2) is 0 Å². The van der Waals surface area contributed by atoms with Crippen LogP contribution in [0.25, 0.3) is 0 Å². The average Bonchev–Trinajstić information content (AvgIpc) is 2.39. The predicted octanol–water partition coefficient (Wildman–Crippen LogP) is 3.29. The van der Waals surface area contributed by atoms with Crippen molar-refractivity contribution in [1.29, 1.82) is 0 Å². The molecule has 0 aromatic heterocycles. The molecule has 1 aromatic carbocycles. The Balaban J connectivity index is 3.04. The second-order valence-electron chi connectivity index (χ2n) is 4.55. The molecule has 2 atom stereocenters. The summed E-state index contributed by atoms with van der Waals surface area (Å²) in [6.07, 6.45) is 0.864. The van der Waals surface area contributed by atoms with Crippen LogP contribution in [-0.4, -0.2) is 18.8 Å². The quantitative estimate of drug-likeness (QED) is 0.808. The van der Waals surface area contributed by atoms with Crippen LogP contribution in [0.15, 0.2) is 24.3 Å². The van der Waals surface area contributed by atoms with E-state index in [0.29, 0.717) is 13.2 Å². The van der Waals surface area contributed by atoms with Crippen LogP contribution in [0.1, 0.15) is 45.7 Å². The zero-order chi connectivity index (χ0) is 13.6. The van der Waals surface area contributed by atoms with Crippen LogP contribution in [0.2, 0.25) is 0 Å². The van der Waals surface area contributed by atoms with E-state index in [1.165, 1.54) is 0 Å². The number of hydrogen-bond donors (Lipinski definition) is 1. The van der Waals surface area contributed by atoms with Gasteiger partial charge in [0.1, 0.15) is 5.75 Å². The summed E-state index contributed by atoms with van der Waals surface area (Å²) in [7, 11) is 0. The third-order valence-electron chi connectivity index (χ3n) is 3.39. The Morgan fingerprint density at radius 1 is 1.17 bits per heavy atom. The van der Waals surface area contributed by atoms with Gasteiger partial charge in [0.05, 0.1) is 18.2 Å². The number of hydrogen-bond acceptors (Lipinski definition) is 3. The lowest BCUT2D eigenvalue weighted by atomic mass is 9.88. The summed E-state index contributed by atoms with van der Waals surface area (Å²) in [6, 6.07) is 7.74. The van der Waals surface area contributed by atoms with Gasteiger partial charge < -0.3 is 15.2 Å². The van der Waals surface area contributed by atoms with Crippen molar-refractivity contribution in [2.24, 2.45) is 5.73 Å². The summed E-state index contributed by atoms with van der Waals surface area (Å²) in [5.74, 6) is 0.854. The second kappa shape index (κ2) is 6.76. The SMILES string of the molecule is CCOc1ccccc1C(N)C(C)(CC)OCC. The van der Waals surface area contributed by atoms with Gasteiger partial charge in [-0.15, -0.1) is 0 Å². The standard InChI is InChI=1S/C15H25NO2/c1-5-15(4,18-7-3)14(16)12-10-8-9-11-13(12)17-6-2/h8-11,14H,5-7,16H2,1-4H3. The van der Waals surface area contributed by atoms with Crippen molar-refractivity contribution in [2.45, 2.75) is 45.8 Å². The predicted molar refractivity (Wildman–Crippen MR) is 74.9 cm³/mol. The van der Waals surface area contributed by atoms with Crippen molar-refractivity contribution >= 4 is 0 Å². The van der Waals surface area contributed by atoms with Crippen molar-refractivity contribution in [2.75, 3.05) is 13.2 Å². The summed E-state index contributed by atoms with van der Waals surface area (Å²) in [5.41, 5.74) is 7.05. The largest absolute Gasteiger partial charge is 0.494 e. The third kappa shape index (κ3) is 3.24. The highest BCUT2D eigenvalue weighted by molar-refractivity contribution is 5.37. The zero-order valence-electron chi connectivity index (χ0n) is 11.9. The minimum atomic E-state index is -0.359. The van der Waals surface area contributed by atoms with E-state index in [2.05, 4.69) is 13.8 Å². The summed E-state index contributed by atoms with van der Waals surface area (Å²) < 4.78 is 11.5. The average molecular weight is 251 g/mol. The fourth-order valence-corrected chi connectivity index (χ4v) is 2.09. The first-order valence-electron chi connectivity index (χ1n) is 6.70. The van der Waals surface area contributed by atoms with Gasteiger partial charge in [-0.25, -0.2) is 0 Å². The second-order valence-corrected chi connectivity index (χ2v) is 4.55. The van der Waals surface area contributed by atoms with Crippen molar-refractivity contribution < 1.29 is 9.47 Å². The molecular formula is C15H25NO2. The van der Waals surface area contributed by atoms with Crippen LogP contribution in [0.4, 0.5) is 0 Å². The number of rotatable bonds is 7. The molecule has 0 fully saturated rings. The topological polar surface area (TPSA) is 44.5 Å². The van der Waals surface area contributed by atoms with Crippen LogP contribution >= 0.6 is 0 Å². The van der Waals surface area contributed by atoms with Gasteiger partial charge in [-0.3, -0.25) is 0 Å². The van der Waals surface area contributed by atoms with Crippen LogP contribution in [0, 0.1) is 0 Å². The molecule has 0 amide bonds. The minimum Gasteiger partial charge on any atom is -0.494 e. The molecule has 2 unspecified atom stereocenters. The first-order valence-corrected chi connectivity index (χ1v) is 6.70. The Morgan fingerprint density at radius 3 is 2.39 bits per heavy atom. The van der Waals surface area contributed by atoms with Crippen LogP contribution in [-0.2, 0) is 4.74 Å². The summed E-state index contributed by atoms with van der Waals surface area (Å²) in [4.78, 5) is 0. The van der Waals surface area contributed by atoms with Crippen molar-refractivity contribution in [3.63, 3.8) is 0 Å². The summed E-state index contributed by atoms with van der Waals surface area (Å²) >= 11 is 0. The molecule has 0 spiro atoms. The van der Waals surface area contributed by atoms with Gasteiger partial charge in [0.25, 0.3) is 0 Å². The molecule has 18 heavy (non-hydrogen) atoms. The summed E-state index contributed by atoms with van der Waals surface area (Å²) in [6.45, 7) is 9.43. The molecule has 102 valence electrons. The van der Waals surface area contributed by atoms with E-state index in [0.717, 1.165) is 17.7 Å². The third-order valence-corrected chi connectivity index (χ3v) is 3.39. The maximum Gasteiger partial charge on any atom is 0.124 e. The van der Waals surface area contributed by atoms with Gasteiger partial charge in [-0.2, -0.15) is 0 Å². The van der Waals surface area contributed by atoms with Gasteiger partial charge >= 0.3 is 0 Å². The van der Waals surface area contributed by atoms with Crippen molar-refractivity contribution in [3.8, 4) is 5.75 Å². The fraction of sp³-hybridized carbons (Fsp3) is 0.600. The molecule has 3 nitrogen and oxygen atoms in total. The number of benzene rings is 1. The van der Waals surface area contributed by atoms with Crippen LogP contribution in [0.5, 0.6) is 5.75 Å². The van der Waals surface area contributed by atoms with E-state index in [-0.39, 0.29) is 11.6 Å². The Labute approximate surface area is 110 Å². The first kappa shape index (κ1) is 15.0. The lowest BCUT2D eigenvalue weighted by Gasteiger charge is -2.35. The molecule has 1 rings (SSSR count). The van der Waals surface area contributed by atoms with Crippen LogP contribution in [0.3, 0.4) is 0 Å². The van der Waals surface area contributed by atoms with E-state index < -0.39 is 0 Å². The normalized spacial score (nSPS) is 16.1. The molecule has 0 aliphatic carbocycles. The van der Waals surface area contributed by atoms with Crippen molar-refractivity contribution in [1.82, 2.24) is 0 Å². The minimum absolute atomic E-state index is 0.190. The molecule has 2 N–H and O–H groups in total. The molecule has 0 bridgehead atoms. The molecular weight excluding hydrogens is 226 g/mol. The Bertz CT molecular complexity index is 367. The van der Waals surface area contributed by atoms with E-state index in [1.54, 1.807) is 0 Å². The molecule has 3 heteroatoms. The van der Waals surface area contributed by atoms with Crippen molar-refractivity contribution in [3.05, 3.63) is 29.8 Å². The van der Waals surface area contributed by atoms with Gasteiger partial charge in [0, 0.05) is 12.2 Å². The highest BCUT2D eigenvalue weighted by atomic mass is 16.5. The molecule has 0 heterocycles. The highest BCUT2D eigenvalue weighted by Gasteiger charge is 2.33. The fourth-order valence-electron chi connectivity index (χ4n) is 2.09. The number of para-hydroxylation sites is 1. The smallest absolute Gasteiger partial charge is 0.124 e. The van der Waals surface area contributed by atoms with E-state index in [9.17, 15) is 0 Å². The lowest BCUT2D eigenvalue weighted by Crippen LogP contribution is -2.40. The Kier molecular flexibility index (Phi) is 5.63. The Morgan fingerprint density at radius 2 is 1.83 bits per heavy atom. The van der Waals surface area contributed by atoms with E-state index in [4.69, 9.17) is 15.2 Å². The molecule has 0 aliphatic heterocycles. The molecule has 0 radical (unpaired) electrons. The number of ether oxygens (including phenoxy) is 2. The van der Waals surface area contributed by atoms with Gasteiger partial charge in [-0.05, 0) is 33.3 Å². The Hall–Kier alpha value is -1.06. The van der Waals surface area contributed by atoms with Gasteiger partial charge in [0.2, 0.25) is 0 Å². The number of nitrogens with two attached hydrogens (primary N) is 1.